The third kappa shape index (κ3) is 26.7. The van der Waals surface area contributed by atoms with Gasteiger partial charge in [-0.05, 0) is 64.2 Å². The van der Waals surface area contributed by atoms with Gasteiger partial charge in [-0.15, -0.1) is 0 Å². The molecule has 1 rings (SSSR count). The van der Waals surface area contributed by atoms with Crippen molar-refractivity contribution in [3.63, 3.8) is 0 Å². The lowest BCUT2D eigenvalue weighted by atomic mass is 9.99. The summed E-state index contributed by atoms with van der Waals surface area (Å²) in [5.74, 6) is -0.871. The summed E-state index contributed by atoms with van der Waals surface area (Å²) in [4.78, 5) is 25.2. The summed E-state index contributed by atoms with van der Waals surface area (Å²) in [6.07, 6.45) is 31.6. The Balaban J connectivity index is 2.38. The maximum atomic E-state index is 12.7. The maximum Gasteiger partial charge on any atom is 0.306 e. The Hall–Kier alpha value is -2.08. The Labute approximate surface area is 327 Å². The molecular formula is C44H78O10. The molecule has 1 fully saturated rings. The van der Waals surface area contributed by atoms with Gasteiger partial charge in [0.2, 0.25) is 0 Å². The molecule has 0 aromatic carbocycles. The number of allylic oxidation sites excluding steroid dienone is 6. The van der Waals surface area contributed by atoms with Crippen molar-refractivity contribution in [2.45, 2.75) is 211 Å². The van der Waals surface area contributed by atoms with Crippen LogP contribution >= 0.6 is 0 Å². The van der Waals surface area contributed by atoms with E-state index in [0.717, 1.165) is 57.8 Å². The zero-order valence-electron chi connectivity index (χ0n) is 34.0. The Morgan fingerprint density at radius 1 is 0.574 bits per heavy atom. The summed E-state index contributed by atoms with van der Waals surface area (Å²) in [5.41, 5.74) is 0. The second kappa shape index (κ2) is 35.3. The van der Waals surface area contributed by atoms with Crippen LogP contribution in [0.1, 0.15) is 174 Å². The van der Waals surface area contributed by atoms with Crippen LogP contribution in [0.25, 0.3) is 0 Å². The first-order chi connectivity index (χ1) is 26.3. The van der Waals surface area contributed by atoms with E-state index in [2.05, 4.69) is 50.3 Å². The first-order valence-electron chi connectivity index (χ1n) is 21.6. The van der Waals surface area contributed by atoms with Crippen LogP contribution in [-0.2, 0) is 28.5 Å². The summed E-state index contributed by atoms with van der Waals surface area (Å²) in [7, 11) is 0. The van der Waals surface area contributed by atoms with Gasteiger partial charge in [0.05, 0.1) is 13.2 Å². The van der Waals surface area contributed by atoms with Crippen molar-refractivity contribution in [2.75, 3.05) is 19.8 Å². The van der Waals surface area contributed by atoms with E-state index >= 15 is 0 Å². The van der Waals surface area contributed by atoms with Crippen LogP contribution in [0.5, 0.6) is 0 Å². The number of rotatable bonds is 35. The van der Waals surface area contributed by atoms with Gasteiger partial charge in [0, 0.05) is 12.8 Å². The van der Waals surface area contributed by atoms with E-state index in [0.29, 0.717) is 12.8 Å². The van der Waals surface area contributed by atoms with E-state index in [1.54, 1.807) is 0 Å². The Morgan fingerprint density at radius 2 is 1.06 bits per heavy atom. The molecule has 1 heterocycles. The van der Waals surface area contributed by atoms with Crippen molar-refractivity contribution >= 4 is 11.9 Å². The largest absolute Gasteiger partial charge is 0.462 e. The fourth-order valence-corrected chi connectivity index (χ4v) is 6.28. The minimum Gasteiger partial charge on any atom is -0.462 e. The number of esters is 2. The average molecular weight is 767 g/mol. The smallest absolute Gasteiger partial charge is 0.306 e. The molecule has 0 bridgehead atoms. The molecule has 54 heavy (non-hydrogen) atoms. The molecule has 2 unspecified atom stereocenters. The monoisotopic (exact) mass is 767 g/mol. The average Bonchev–Trinajstić information content (AvgIpc) is 3.17. The lowest BCUT2D eigenvalue weighted by Gasteiger charge is -2.39. The van der Waals surface area contributed by atoms with Gasteiger partial charge in [0.1, 0.15) is 31.0 Å². The Bertz CT molecular complexity index is 980. The molecule has 1 saturated heterocycles. The quantitative estimate of drug-likeness (QED) is 0.0280. The van der Waals surface area contributed by atoms with Gasteiger partial charge < -0.3 is 39.4 Å². The summed E-state index contributed by atoms with van der Waals surface area (Å²) in [6.45, 7) is 3.34. The van der Waals surface area contributed by atoms with Gasteiger partial charge in [-0.1, -0.05) is 134 Å². The van der Waals surface area contributed by atoms with Crippen molar-refractivity contribution in [3.8, 4) is 0 Å². The molecule has 1 aliphatic rings. The normalized spacial score (nSPS) is 21.0. The zero-order chi connectivity index (χ0) is 39.5. The van der Waals surface area contributed by atoms with Gasteiger partial charge in [-0.3, -0.25) is 9.59 Å². The van der Waals surface area contributed by atoms with Crippen LogP contribution in [0.2, 0.25) is 0 Å². The third-order valence-electron chi connectivity index (χ3n) is 9.75. The minimum atomic E-state index is -1.60. The topological polar surface area (TPSA) is 152 Å². The highest BCUT2D eigenvalue weighted by atomic mass is 16.7. The number of carbonyl (C=O) groups excluding carboxylic acids is 2. The molecule has 0 spiro atoms. The summed E-state index contributed by atoms with van der Waals surface area (Å²) in [5, 5.41) is 40.0. The van der Waals surface area contributed by atoms with Crippen LogP contribution in [-0.4, -0.2) is 89.0 Å². The van der Waals surface area contributed by atoms with Crippen LogP contribution < -0.4 is 0 Å². The fourth-order valence-electron chi connectivity index (χ4n) is 6.28. The Morgan fingerprint density at radius 3 is 1.65 bits per heavy atom. The summed E-state index contributed by atoms with van der Waals surface area (Å²) in [6, 6.07) is 0. The molecule has 1 aliphatic heterocycles. The predicted molar refractivity (Wildman–Crippen MR) is 215 cm³/mol. The van der Waals surface area contributed by atoms with E-state index in [-0.39, 0.29) is 26.1 Å². The molecule has 10 heteroatoms. The predicted octanol–water partition coefficient (Wildman–Crippen LogP) is 8.72. The number of hydrogen-bond donors (Lipinski definition) is 4. The minimum absolute atomic E-state index is 0.210. The number of unbranched alkanes of at least 4 members (excludes halogenated alkanes) is 18. The maximum absolute atomic E-state index is 12.7. The van der Waals surface area contributed by atoms with Crippen molar-refractivity contribution in [2.24, 2.45) is 0 Å². The summed E-state index contributed by atoms with van der Waals surface area (Å²) >= 11 is 0. The molecule has 0 aromatic rings. The Kier molecular flexibility index (Phi) is 32.7. The first-order valence-corrected chi connectivity index (χ1v) is 21.6. The van der Waals surface area contributed by atoms with Gasteiger partial charge in [-0.2, -0.15) is 0 Å². The highest BCUT2D eigenvalue weighted by molar-refractivity contribution is 5.70. The van der Waals surface area contributed by atoms with Crippen LogP contribution in [0, 0.1) is 0 Å². The lowest BCUT2D eigenvalue weighted by Crippen LogP contribution is -2.59. The number of aliphatic hydroxyl groups is 4. The van der Waals surface area contributed by atoms with Gasteiger partial charge in [0.15, 0.2) is 12.4 Å². The molecule has 0 aliphatic carbocycles. The molecule has 0 aromatic heterocycles. The SMILES string of the molecule is CCCCC/C=C/CCCCCCCC(=O)O[C@@H](COC(=O)CCC/C=C/C/C=C/CCCCCCCCCCC)CO[C@H]1O[C@@H](CO)[C@@H](O)C(O)C1O. The molecular weight excluding hydrogens is 688 g/mol. The van der Waals surface area contributed by atoms with E-state index in [9.17, 15) is 30.0 Å². The first kappa shape index (κ1) is 49.9. The number of ether oxygens (including phenoxy) is 4. The lowest BCUT2D eigenvalue weighted by molar-refractivity contribution is -0.305. The molecule has 0 saturated carbocycles. The van der Waals surface area contributed by atoms with Crippen molar-refractivity contribution in [1.29, 1.82) is 0 Å². The van der Waals surface area contributed by atoms with Crippen molar-refractivity contribution in [3.05, 3.63) is 36.5 Å². The molecule has 10 nitrogen and oxygen atoms in total. The molecule has 4 N–H and O–H groups in total. The standard InChI is InChI=1S/C44H78O10/c1-3-5-7-9-11-13-15-17-18-19-20-21-23-24-26-28-30-32-39(46)51-35-37(36-52-44-43(50)42(49)41(48)38(34-45)54-44)53-40(47)33-31-29-27-25-22-16-14-12-10-8-6-4-2/h12,14,20-21,24,26,37-38,41-45,48-50H,3-11,13,15-19,22-23,25,27-36H2,1-2H3/b14-12+,21-20+,26-24+/t37-,38-,41+,42?,43?,44-/m0/s1. The second-order valence-electron chi connectivity index (χ2n) is 14.8. The van der Waals surface area contributed by atoms with Crippen LogP contribution in [0.4, 0.5) is 0 Å². The van der Waals surface area contributed by atoms with Crippen molar-refractivity contribution in [1.82, 2.24) is 0 Å². The van der Waals surface area contributed by atoms with E-state index in [1.165, 1.54) is 77.0 Å². The second-order valence-corrected chi connectivity index (χ2v) is 14.8. The fraction of sp³-hybridized carbons (Fsp3) is 0.818. The zero-order valence-corrected chi connectivity index (χ0v) is 34.0. The highest BCUT2D eigenvalue weighted by Crippen LogP contribution is 2.22. The highest BCUT2D eigenvalue weighted by Gasteiger charge is 2.44. The molecule has 0 amide bonds. The van der Waals surface area contributed by atoms with E-state index < -0.39 is 55.4 Å². The molecule has 314 valence electrons. The number of carbonyl (C=O) groups is 2. The number of hydrogen-bond acceptors (Lipinski definition) is 10. The third-order valence-corrected chi connectivity index (χ3v) is 9.75. The van der Waals surface area contributed by atoms with E-state index in [1.807, 2.05) is 0 Å². The van der Waals surface area contributed by atoms with Crippen molar-refractivity contribution < 1.29 is 49.0 Å². The summed E-state index contributed by atoms with van der Waals surface area (Å²) < 4.78 is 22.0. The van der Waals surface area contributed by atoms with Gasteiger partial charge in [-0.25, -0.2) is 0 Å². The van der Waals surface area contributed by atoms with Crippen LogP contribution in [0.15, 0.2) is 36.5 Å². The molecule has 6 atom stereocenters. The van der Waals surface area contributed by atoms with E-state index in [4.69, 9.17) is 18.9 Å². The number of aliphatic hydroxyl groups excluding tert-OH is 4. The van der Waals surface area contributed by atoms with Gasteiger partial charge >= 0.3 is 11.9 Å². The molecule has 0 radical (unpaired) electrons. The van der Waals surface area contributed by atoms with Gasteiger partial charge in [0.25, 0.3) is 0 Å². The van der Waals surface area contributed by atoms with Crippen LogP contribution in [0.3, 0.4) is 0 Å².